The van der Waals surface area contributed by atoms with Crippen molar-refractivity contribution in [1.82, 2.24) is 0 Å². The Hall–Kier alpha value is -3.86. The van der Waals surface area contributed by atoms with Crippen molar-refractivity contribution in [2.45, 2.75) is 44.2 Å². The molecule has 8 heteroatoms. The van der Waals surface area contributed by atoms with E-state index in [1.807, 2.05) is 0 Å². The molecule has 0 aliphatic heterocycles. The van der Waals surface area contributed by atoms with E-state index in [0.29, 0.717) is 0 Å². The number of hydrogen-bond donors (Lipinski definition) is 0. The number of benzene rings is 4. The van der Waals surface area contributed by atoms with Crippen molar-refractivity contribution >= 4 is 10.8 Å². The van der Waals surface area contributed by atoms with Crippen molar-refractivity contribution in [2.24, 2.45) is 0 Å². The first-order valence-electron chi connectivity index (χ1n) is 12.3. The van der Waals surface area contributed by atoms with E-state index in [2.05, 4.69) is 0 Å². The Morgan fingerprint density at radius 1 is 0.667 bits per heavy atom. The Labute approximate surface area is 219 Å². The van der Waals surface area contributed by atoms with E-state index in [9.17, 15) is 26.3 Å². The molecule has 0 bridgehead atoms. The summed E-state index contributed by atoms with van der Waals surface area (Å²) >= 11 is 0. The zero-order valence-electron chi connectivity index (χ0n) is 20.3. The lowest BCUT2D eigenvalue weighted by Gasteiger charge is -2.22. The van der Waals surface area contributed by atoms with Crippen LogP contribution in [-0.2, 0) is 0 Å². The minimum atomic E-state index is -4.95. The van der Waals surface area contributed by atoms with Crippen LogP contribution in [0.25, 0.3) is 33.0 Å². The lowest BCUT2D eigenvalue weighted by atomic mass is 9.83. The lowest BCUT2D eigenvalue weighted by molar-refractivity contribution is -0.0696. The Morgan fingerprint density at radius 2 is 1.36 bits per heavy atom. The number of hydrogen-bond acceptors (Lipinski definition) is 0. The number of rotatable bonds is 3. The van der Waals surface area contributed by atoms with Crippen LogP contribution >= 0.6 is 0 Å². The van der Waals surface area contributed by atoms with Gasteiger partial charge in [-0.15, -0.1) is 0 Å². The van der Waals surface area contributed by atoms with Gasteiger partial charge in [0.2, 0.25) is 0 Å². The Morgan fingerprint density at radius 3 is 2.00 bits per heavy atom. The molecule has 5 rings (SSSR count). The highest BCUT2D eigenvalue weighted by atomic mass is 19.4. The summed E-state index contributed by atoms with van der Waals surface area (Å²) in [7, 11) is 0. The molecule has 4 aromatic rings. The van der Waals surface area contributed by atoms with E-state index in [0.717, 1.165) is 80.0 Å². The maximum absolute atomic E-state index is 15.2. The molecule has 1 aliphatic carbocycles. The summed E-state index contributed by atoms with van der Waals surface area (Å²) in [5.41, 5.74) is -0.740. The molecule has 0 unspecified atom stereocenters. The summed E-state index contributed by atoms with van der Waals surface area (Å²) in [6.07, 6.45) is 0.303. The van der Waals surface area contributed by atoms with Crippen molar-refractivity contribution in [3.8, 4) is 34.1 Å². The first kappa shape index (κ1) is 26.7. The fourth-order valence-corrected chi connectivity index (χ4v) is 5.19. The zero-order valence-corrected chi connectivity index (χ0v) is 20.3. The molecule has 0 aromatic heterocycles. The van der Waals surface area contributed by atoms with Crippen molar-refractivity contribution in [3.63, 3.8) is 0 Å². The van der Waals surface area contributed by atoms with Gasteiger partial charge in [-0.1, -0.05) is 49.4 Å². The molecule has 1 fully saturated rings. The van der Waals surface area contributed by atoms with Crippen LogP contribution in [0.4, 0.5) is 35.1 Å². The second-order valence-corrected chi connectivity index (χ2v) is 9.62. The van der Waals surface area contributed by atoms with E-state index in [-0.39, 0.29) is 33.4 Å². The first-order chi connectivity index (χ1) is 18.5. The predicted octanol–water partition coefficient (Wildman–Crippen LogP) is 9.83. The molecule has 0 saturated heterocycles. The number of fused-ring (bicyclic) bond motifs is 1. The number of alkyl halides is 3. The largest absolute Gasteiger partial charge is 0.458 e. The summed E-state index contributed by atoms with van der Waals surface area (Å²) in [6.45, 7) is 0. The summed E-state index contributed by atoms with van der Waals surface area (Å²) in [6, 6.07) is 10.8. The van der Waals surface area contributed by atoms with Gasteiger partial charge in [0, 0.05) is 16.9 Å². The van der Waals surface area contributed by atoms with Crippen LogP contribution in [0, 0.1) is 40.9 Å². The Kier molecular flexibility index (Phi) is 7.11. The smallest absolute Gasteiger partial charge is 0.206 e. The standard InChI is InChI=1S/C31H20F8/c32-25-13-18(17-4-2-1-3-5-17)6-8-22(25)21-15-27(34)29(28(35)16-21)19-7-9-23-20(12-19)14-26(33)24(30(23)36)10-11-31(37,38)39/h6-9,12-17H,1-5H2. The third kappa shape index (κ3) is 5.49. The van der Waals surface area contributed by atoms with Gasteiger partial charge < -0.3 is 0 Å². The molecular formula is C31H20F8. The topological polar surface area (TPSA) is 0 Å². The van der Waals surface area contributed by atoms with Crippen LogP contribution in [0.3, 0.4) is 0 Å². The van der Waals surface area contributed by atoms with Gasteiger partial charge in [0.1, 0.15) is 29.1 Å². The molecule has 1 aliphatic rings. The molecule has 39 heavy (non-hydrogen) atoms. The molecule has 0 nitrogen and oxygen atoms in total. The van der Waals surface area contributed by atoms with Crippen LogP contribution in [0.2, 0.25) is 0 Å². The summed E-state index contributed by atoms with van der Waals surface area (Å²) < 4.78 is 112. The van der Waals surface area contributed by atoms with Gasteiger partial charge >= 0.3 is 6.18 Å². The second kappa shape index (κ2) is 10.4. The van der Waals surface area contributed by atoms with Gasteiger partial charge in [-0.25, -0.2) is 22.0 Å². The average Bonchev–Trinajstić information content (AvgIpc) is 2.87. The maximum Gasteiger partial charge on any atom is 0.458 e. The highest BCUT2D eigenvalue weighted by Gasteiger charge is 2.24. The van der Waals surface area contributed by atoms with E-state index in [4.69, 9.17) is 0 Å². The molecule has 0 atom stereocenters. The highest BCUT2D eigenvalue weighted by molar-refractivity contribution is 5.89. The molecule has 0 radical (unpaired) electrons. The monoisotopic (exact) mass is 544 g/mol. The summed E-state index contributed by atoms with van der Waals surface area (Å²) in [4.78, 5) is 0. The minimum absolute atomic E-state index is 0.00722. The third-order valence-corrected chi connectivity index (χ3v) is 7.07. The molecule has 1 saturated carbocycles. The number of halogens is 8. The third-order valence-electron chi connectivity index (χ3n) is 7.07. The highest BCUT2D eigenvalue weighted by Crippen LogP contribution is 2.37. The van der Waals surface area contributed by atoms with Crippen LogP contribution in [0.5, 0.6) is 0 Å². The molecule has 4 aromatic carbocycles. The van der Waals surface area contributed by atoms with Crippen molar-refractivity contribution in [2.75, 3.05) is 0 Å². The Balaban J connectivity index is 1.51. The molecule has 0 N–H and O–H groups in total. The van der Waals surface area contributed by atoms with E-state index >= 15 is 8.78 Å². The van der Waals surface area contributed by atoms with Gasteiger partial charge in [-0.3, -0.25) is 0 Å². The zero-order chi connectivity index (χ0) is 27.9. The van der Waals surface area contributed by atoms with Gasteiger partial charge in [0.25, 0.3) is 0 Å². The van der Waals surface area contributed by atoms with Crippen molar-refractivity contribution in [1.29, 1.82) is 0 Å². The first-order valence-corrected chi connectivity index (χ1v) is 12.3. The normalized spacial score (nSPS) is 14.4. The molecule has 200 valence electrons. The van der Waals surface area contributed by atoms with E-state index in [1.165, 1.54) is 18.1 Å². The van der Waals surface area contributed by atoms with Crippen LogP contribution in [0.1, 0.15) is 49.1 Å². The Bertz CT molecular complexity index is 1610. The van der Waals surface area contributed by atoms with Gasteiger partial charge in [-0.2, -0.15) is 13.2 Å². The van der Waals surface area contributed by atoms with Crippen molar-refractivity contribution in [3.05, 3.63) is 94.8 Å². The SMILES string of the molecule is Fc1cc(C2CCCCC2)ccc1-c1cc(F)c(-c2ccc3c(F)c(C#CC(F)(F)F)c(F)cc3c2)c(F)c1. The maximum atomic E-state index is 15.2. The van der Waals surface area contributed by atoms with Crippen LogP contribution < -0.4 is 0 Å². The van der Waals surface area contributed by atoms with Gasteiger partial charge in [0.15, 0.2) is 0 Å². The average molecular weight is 544 g/mol. The quantitative estimate of drug-likeness (QED) is 0.178. The van der Waals surface area contributed by atoms with Crippen LogP contribution in [-0.4, -0.2) is 6.18 Å². The summed E-state index contributed by atoms with van der Waals surface area (Å²) in [5, 5.41) is -0.406. The lowest BCUT2D eigenvalue weighted by Crippen LogP contribution is -2.05. The fourth-order valence-electron chi connectivity index (χ4n) is 5.19. The predicted molar refractivity (Wildman–Crippen MR) is 133 cm³/mol. The minimum Gasteiger partial charge on any atom is -0.206 e. The molecule has 0 spiro atoms. The second-order valence-electron chi connectivity index (χ2n) is 9.62. The van der Waals surface area contributed by atoms with Crippen molar-refractivity contribution < 1.29 is 35.1 Å². The van der Waals surface area contributed by atoms with E-state index in [1.54, 1.807) is 6.07 Å². The van der Waals surface area contributed by atoms with Crippen LogP contribution in [0.15, 0.2) is 54.6 Å². The molecular weight excluding hydrogens is 524 g/mol. The molecule has 0 amide bonds. The fraction of sp³-hybridized carbons (Fsp3) is 0.226. The van der Waals surface area contributed by atoms with E-state index < -0.39 is 46.4 Å². The summed E-state index contributed by atoms with van der Waals surface area (Å²) in [5.74, 6) is -2.77. The van der Waals surface area contributed by atoms with Gasteiger partial charge in [-0.05, 0) is 71.2 Å². The van der Waals surface area contributed by atoms with Gasteiger partial charge in [0.05, 0.1) is 11.1 Å². The molecule has 0 heterocycles.